The van der Waals surface area contributed by atoms with Gasteiger partial charge in [0.2, 0.25) is 5.24 Å². The second kappa shape index (κ2) is 12.9. The van der Waals surface area contributed by atoms with Crippen LogP contribution in [0.15, 0.2) is 0 Å². The molecule has 0 aromatic heterocycles. The molecule has 5 nitrogen and oxygen atoms in total. The Hall–Kier alpha value is -0.170. The Morgan fingerprint density at radius 2 is 2.12 bits per heavy atom. The van der Waals surface area contributed by atoms with Gasteiger partial charge in [-0.2, -0.15) is 0 Å². The van der Waals surface area contributed by atoms with Gasteiger partial charge < -0.3 is 15.8 Å². The monoisotopic (exact) mass is 316 g/mol. The van der Waals surface area contributed by atoms with Crippen LogP contribution in [-0.4, -0.2) is 43.3 Å². The molecule has 1 atom stereocenters. The number of ether oxygens (including phenoxy) is 1. The molecule has 0 aliphatic heterocycles. The highest BCUT2D eigenvalue weighted by Gasteiger charge is 2.08. The smallest absolute Gasteiger partial charge is 0.307 e. The molecule has 16 heavy (non-hydrogen) atoms. The van der Waals surface area contributed by atoms with Crippen LogP contribution in [0.4, 0.5) is 0 Å². The zero-order valence-corrected chi connectivity index (χ0v) is 11.8. The Bertz CT molecular complexity index is 201. The summed E-state index contributed by atoms with van der Waals surface area (Å²) >= 11 is 7.95. The van der Waals surface area contributed by atoms with Crippen molar-refractivity contribution in [3.8, 4) is 0 Å². The predicted octanol–water partition coefficient (Wildman–Crippen LogP) is 0.633. The largest absolute Gasteiger partial charge is 0.469 e. The first-order chi connectivity index (χ1) is 7.51. The van der Waals surface area contributed by atoms with Crippen LogP contribution in [0.2, 0.25) is 0 Å². The van der Waals surface area contributed by atoms with Crippen molar-refractivity contribution in [1.82, 2.24) is 5.32 Å². The molecule has 0 aliphatic carbocycles. The summed E-state index contributed by atoms with van der Waals surface area (Å²) in [7, 11) is 3.13. The molecule has 96 valence electrons. The van der Waals surface area contributed by atoms with Crippen LogP contribution in [0.3, 0.4) is 0 Å². The Morgan fingerprint density at radius 1 is 1.56 bits per heavy atom. The van der Waals surface area contributed by atoms with Gasteiger partial charge in [0, 0.05) is 24.3 Å². The molecular formula is C9H18BrClN2O3. The molecule has 0 unspecified atom stereocenters. The molecule has 3 N–H and O–H groups in total. The average Bonchev–Trinajstić information content (AvgIpc) is 2.26. The van der Waals surface area contributed by atoms with Gasteiger partial charge in [-0.3, -0.25) is 9.59 Å². The molecular weight excluding hydrogens is 299 g/mol. The minimum absolute atomic E-state index is 0.0347. The number of rotatable bonds is 6. The molecule has 0 amide bonds. The van der Waals surface area contributed by atoms with E-state index in [4.69, 9.17) is 17.3 Å². The number of esters is 1. The lowest BCUT2D eigenvalue weighted by Crippen LogP contribution is -2.35. The average molecular weight is 318 g/mol. The zero-order chi connectivity index (χ0) is 13.0. The Labute approximate surface area is 109 Å². The molecule has 0 aliphatic rings. The molecule has 0 radical (unpaired) electrons. The van der Waals surface area contributed by atoms with Gasteiger partial charge in [0.1, 0.15) is 0 Å². The van der Waals surface area contributed by atoms with Gasteiger partial charge in [0.05, 0.1) is 13.5 Å². The quantitative estimate of drug-likeness (QED) is 0.427. The van der Waals surface area contributed by atoms with E-state index in [0.29, 0.717) is 24.7 Å². The van der Waals surface area contributed by atoms with E-state index in [-0.39, 0.29) is 17.3 Å². The molecule has 0 aromatic rings. The van der Waals surface area contributed by atoms with Crippen molar-refractivity contribution in [2.24, 2.45) is 5.73 Å². The van der Waals surface area contributed by atoms with E-state index >= 15 is 0 Å². The number of halogens is 2. The van der Waals surface area contributed by atoms with Crippen molar-refractivity contribution in [2.75, 3.05) is 26.0 Å². The van der Waals surface area contributed by atoms with Crippen molar-refractivity contribution in [1.29, 1.82) is 0 Å². The van der Waals surface area contributed by atoms with Crippen molar-refractivity contribution >= 4 is 38.7 Å². The van der Waals surface area contributed by atoms with Crippen molar-refractivity contribution < 1.29 is 14.3 Å². The summed E-state index contributed by atoms with van der Waals surface area (Å²) in [5.41, 5.74) is 5.32. The SMILES string of the molecule is CN[C@@H](CN)CC(=O)OC.O=C(Cl)CCBr. The van der Waals surface area contributed by atoms with Gasteiger partial charge >= 0.3 is 5.97 Å². The van der Waals surface area contributed by atoms with Crippen molar-refractivity contribution in [3.63, 3.8) is 0 Å². The Kier molecular flexibility index (Phi) is 14.7. The van der Waals surface area contributed by atoms with E-state index in [2.05, 4.69) is 26.0 Å². The Morgan fingerprint density at radius 3 is 2.31 bits per heavy atom. The molecule has 7 heteroatoms. The summed E-state index contributed by atoms with van der Waals surface area (Å²) in [5.74, 6) is -0.232. The minimum Gasteiger partial charge on any atom is -0.469 e. The fourth-order valence-electron chi connectivity index (χ4n) is 0.662. The molecule has 0 fully saturated rings. The number of methoxy groups -OCH3 is 1. The topological polar surface area (TPSA) is 81.4 Å². The van der Waals surface area contributed by atoms with Crippen LogP contribution in [0, 0.1) is 0 Å². The van der Waals surface area contributed by atoms with Crippen molar-refractivity contribution in [3.05, 3.63) is 0 Å². The van der Waals surface area contributed by atoms with Gasteiger partial charge in [0.25, 0.3) is 0 Å². The summed E-state index contributed by atoms with van der Waals surface area (Å²) in [4.78, 5) is 20.4. The maximum atomic E-state index is 10.6. The number of nitrogens with two attached hydrogens (primary N) is 1. The third kappa shape index (κ3) is 13.8. The van der Waals surface area contributed by atoms with Crippen LogP contribution < -0.4 is 11.1 Å². The zero-order valence-electron chi connectivity index (χ0n) is 9.46. The molecule has 0 rings (SSSR count). The van der Waals surface area contributed by atoms with Gasteiger partial charge in [-0.05, 0) is 18.6 Å². The van der Waals surface area contributed by atoms with Gasteiger partial charge in [0.15, 0.2) is 0 Å². The number of alkyl halides is 1. The summed E-state index contributed by atoms with van der Waals surface area (Å²) in [6, 6.07) is 0.0347. The first kappa shape index (κ1) is 18.2. The molecule has 0 bridgehead atoms. The fourth-order valence-corrected chi connectivity index (χ4v) is 1.34. The molecule has 0 heterocycles. The van der Waals surface area contributed by atoms with E-state index in [9.17, 15) is 9.59 Å². The van der Waals surface area contributed by atoms with E-state index in [1.54, 1.807) is 7.05 Å². The van der Waals surface area contributed by atoms with E-state index in [1.807, 2.05) is 0 Å². The minimum atomic E-state index is -0.285. The number of hydrogen-bond donors (Lipinski definition) is 2. The maximum Gasteiger partial charge on any atom is 0.307 e. The standard InChI is InChI=1S/C6H14N2O2.C3H4BrClO/c1-8-5(4-7)3-6(9)10-2;4-2-1-3(5)6/h5,8H,3-4,7H2,1-2H3;1-2H2/t5-;/m1./s1. The van der Waals surface area contributed by atoms with Crippen molar-refractivity contribution in [2.45, 2.75) is 18.9 Å². The second-order valence-electron chi connectivity index (χ2n) is 2.80. The third-order valence-electron chi connectivity index (χ3n) is 1.62. The van der Waals surface area contributed by atoms with Gasteiger partial charge in [-0.25, -0.2) is 0 Å². The van der Waals surface area contributed by atoms with Crippen LogP contribution in [0.25, 0.3) is 0 Å². The first-order valence-electron chi connectivity index (χ1n) is 4.70. The Balaban J connectivity index is 0. The number of hydrogen-bond acceptors (Lipinski definition) is 5. The lowest BCUT2D eigenvalue weighted by molar-refractivity contribution is -0.141. The lowest BCUT2D eigenvalue weighted by atomic mass is 10.2. The number of nitrogens with one attached hydrogen (secondary N) is 1. The van der Waals surface area contributed by atoms with Gasteiger partial charge in [-0.15, -0.1) is 0 Å². The third-order valence-corrected chi connectivity index (χ3v) is 2.21. The second-order valence-corrected chi connectivity index (χ2v) is 4.01. The number of carbonyl (C=O) groups is 2. The maximum absolute atomic E-state index is 10.6. The first-order valence-corrected chi connectivity index (χ1v) is 6.20. The highest BCUT2D eigenvalue weighted by Crippen LogP contribution is 1.91. The highest BCUT2D eigenvalue weighted by atomic mass is 79.9. The number of carbonyl (C=O) groups excluding carboxylic acids is 2. The lowest BCUT2D eigenvalue weighted by Gasteiger charge is -2.10. The summed E-state index contributed by atoms with van der Waals surface area (Å²) in [5, 5.41) is 3.27. The summed E-state index contributed by atoms with van der Waals surface area (Å²) < 4.78 is 4.45. The number of likely N-dealkylation sites (N-methyl/N-ethyl adjacent to an activating group) is 1. The molecule has 0 saturated carbocycles. The van der Waals surface area contributed by atoms with E-state index in [1.165, 1.54) is 7.11 Å². The molecule has 0 aromatic carbocycles. The van der Waals surface area contributed by atoms with Crippen LogP contribution in [0.5, 0.6) is 0 Å². The normalized spacial score (nSPS) is 11.1. The van der Waals surface area contributed by atoms with E-state index in [0.717, 1.165) is 0 Å². The van der Waals surface area contributed by atoms with Crippen LogP contribution in [-0.2, 0) is 14.3 Å². The van der Waals surface area contributed by atoms with E-state index < -0.39 is 0 Å². The predicted molar refractivity (Wildman–Crippen MR) is 67.8 cm³/mol. The summed E-state index contributed by atoms with van der Waals surface area (Å²) in [6.07, 6.45) is 0.755. The highest BCUT2D eigenvalue weighted by molar-refractivity contribution is 9.09. The van der Waals surface area contributed by atoms with Crippen LogP contribution >= 0.6 is 27.5 Å². The van der Waals surface area contributed by atoms with Gasteiger partial charge in [-0.1, -0.05) is 15.9 Å². The molecule has 0 spiro atoms. The van der Waals surface area contributed by atoms with Crippen LogP contribution in [0.1, 0.15) is 12.8 Å². The summed E-state index contributed by atoms with van der Waals surface area (Å²) in [6.45, 7) is 0.450. The fraction of sp³-hybridized carbons (Fsp3) is 0.778. The molecule has 0 saturated heterocycles.